The van der Waals surface area contributed by atoms with Crippen LogP contribution in [0, 0.1) is 5.92 Å². The summed E-state index contributed by atoms with van der Waals surface area (Å²) in [6.07, 6.45) is 7.39. The molecule has 3 nitrogen and oxygen atoms in total. The molecule has 0 bridgehead atoms. The van der Waals surface area contributed by atoms with Gasteiger partial charge in [0.15, 0.2) is 0 Å². The maximum Gasteiger partial charge on any atom is 0.0674 e. The third-order valence-corrected chi connectivity index (χ3v) is 4.74. The first-order chi connectivity index (χ1) is 8.70. The molecule has 18 heavy (non-hydrogen) atoms. The van der Waals surface area contributed by atoms with Crippen LogP contribution in [0.1, 0.15) is 46.0 Å². The van der Waals surface area contributed by atoms with Crippen LogP contribution >= 0.6 is 0 Å². The Morgan fingerprint density at radius 2 is 1.94 bits per heavy atom. The normalized spacial score (nSPS) is 39.5. The van der Waals surface area contributed by atoms with E-state index in [9.17, 15) is 0 Å². The Balaban J connectivity index is 1.92. The highest BCUT2D eigenvalue weighted by molar-refractivity contribution is 4.84. The van der Waals surface area contributed by atoms with Crippen LogP contribution in [0.25, 0.3) is 0 Å². The molecule has 4 unspecified atom stereocenters. The van der Waals surface area contributed by atoms with E-state index in [1.807, 2.05) is 0 Å². The second-order valence-corrected chi connectivity index (χ2v) is 6.24. The summed E-state index contributed by atoms with van der Waals surface area (Å²) in [4.78, 5) is 2.65. The fourth-order valence-corrected chi connectivity index (χ4v) is 3.51. The van der Waals surface area contributed by atoms with Crippen molar-refractivity contribution in [2.24, 2.45) is 5.92 Å². The molecule has 2 fully saturated rings. The van der Waals surface area contributed by atoms with Gasteiger partial charge in [0.2, 0.25) is 0 Å². The van der Waals surface area contributed by atoms with Crippen LogP contribution in [0.4, 0.5) is 0 Å². The highest BCUT2D eigenvalue weighted by Gasteiger charge is 2.29. The average molecular weight is 254 g/mol. The molecule has 3 heteroatoms. The molecule has 1 aliphatic heterocycles. The van der Waals surface area contributed by atoms with E-state index in [2.05, 4.69) is 31.1 Å². The van der Waals surface area contributed by atoms with Crippen molar-refractivity contribution in [3.8, 4) is 0 Å². The zero-order valence-electron chi connectivity index (χ0n) is 12.3. The second kappa shape index (κ2) is 6.88. The Labute approximate surface area is 112 Å². The highest BCUT2D eigenvalue weighted by atomic mass is 16.5. The molecule has 1 aliphatic carbocycles. The third kappa shape index (κ3) is 3.69. The first-order valence-electron chi connectivity index (χ1n) is 7.73. The Kier molecular flexibility index (Phi) is 5.46. The van der Waals surface area contributed by atoms with Crippen molar-refractivity contribution >= 4 is 0 Å². The van der Waals surface area contributed by atoms with Gasteiger partial charge >= 0.3 is 0 Å². The van der Waals surface area contributed by atoms with Gasteiger partial charge in [0.25, 0.3) is 0 Å². The molecule has 106 valence electrons. The monoisotopic (exact) mass is 254 g/mol. The van der Waals surface area contributed by atoms with Crippen LogP contribution < -0.4 is 5.32 Å². The standard InChI is InChI=1S/C15H30N2O/c1-12-11-18-13(2)9-17(12)10-14-7-5-4-6-8-15(14)16-3/h12-16H,4-11H2,1-3H3. The first kappa shape index (κ1) is 14.3. The minimum atomic E-state index is 0.403. The van der Waals surface area contributed by atoms with Crippen molar-refractivity contribution in [2.75, 3.05) is 26.7 Å². The second-order valence-electron chi connectivity index (χ2n) is 6.24. The van der Waals surface area contributed by atoms with Gasteiger partial charge in [-0.25, -0.2) is 0 Å². The van der Waals surface area contributed by atoms with Gasteiger partial charge in [-0.2, -0.15) is 0 Å². The molecule has 0 amide bonds. The van der Waals surface area contributed by atoms with E-state index in [-0.39, 0.29) is 0 Å². The van der Waals surface area contributed by atoms with Gasteiger partial charge in [-0.1, -0.05) is 19.3 Å². The highest BCUT2D eigenvalue weighted by Crippen LogP contribution is 2.25. The van der Waals surface area contributed by atoms with E-state index < -0.39 is 0 Å². The lowest BCUT2D eigenvalue weighted by Gasteiger charge is -2.40. The number of hydrogen-bond acceptors (Lipinski definition) is 3. The molecule has 1 heterocycles. The third-order valence-electron chi connectivity index (χ3n) is 4.74. The summed E-state index contributed by atoms with van der Waals surface area (Å²) in [7, 11) is 2.13. The minimum Gasteiger partial charge on any atom is -0.376 e. The Bertz CT molecular complexity index is 247. The van der Waals surface area contributed by atoms with Crippen molar-refractivity contribution in [3.05, 3.63) is 0 Å². The molecule has 0 spiro atoms. The molecular formula is C15H30N2O. The van der Waals surface area contributed by atoms with Gasteiger partial charge in [0.05, 0.1) is 12.7 Å². The molecule has 0 aromatic carbocycles. The lowest BCUT2D eigenvalue weighted by Crippen LogP contribution is -2.51. The number of nitrogens with zero attached hydrogens (tertiary/aromatic N) is 1. The molecule has 2 rings (SSSR count). The number of hydrogen-bond donors (Lipinski definition) is 1. The number of ether oxygens (including phenoxy) is 1. The zero-order valence-corrected chi connectivity index (χ0v) is 12.3. The smallest absolute Gasteiger partial charge is 0.0674 e. The molecule has 1 saturated heterocycles. The van der Waals surface area contributed by atoms with Gasteiger partial charge in [0.1, 0.15) is 0 Å². The van der Waals surface area contributed by atoms with Crippen molar-refractivity contribution in [3.63, 3.8) is 0 Å². The Morgan fingerprint density at radius 1 is 1.17 bits per heavy atom. The predicted molar refractivity (Wildman–Crippen MR) is 75.9 cm³/mol. The maximum absolute atomic E-state index is 5.73. The van der Waals surface area contributed by atoms with E-state index in [4.69, 9.17) is 4.74 Å². The van der Waals surface area contributed by atoms with Crippen molar-refractivity contribution in [1.82, 2.24) is 10.2 Å². The van der Waals surface area contributed by atoms with Crippen LogP contribution in [0.2, 0.25) is 0 Å². The predicted octanol–water partition coefficient (Wildman–Crippen LogP) is 2.26. The van der Waals surface area contributed by atoms with E-state index in [1.54, 1.807) is 0 Å². The molecule has 0 radical (unpaired) electrons. The van der Waals surface area contributed by atoms with Crippen LogP contribution in [-0.4, -0.2) is 49.8 Å². The number of morpholine rings is 1. The summed E-state index contributed by atoms with van der Waals surface area (Å²) in [6, 6.07) is 1.31. The van der Waals surface area contributed by atoms with Gasteiger partial charge in [0, 0.05) is 25.2 Å². The van der Waals surface area contributed by atoms with E-state index in [0.29, 0.717) is 12.1 Å². The number of rotatable bonds is 3. The molecule has 4 atom stereocenters. The summed E-state index contributed by atoms with van der Waals surface area (Å²) >= 11 is 0. The van der Waals surface area contributed by atoms with Crippen LogP contribution in [0.3, 0.4) is 0 Å². The van der Waals surface area contributed by atoms with Gasteiger partial charge in [-0.3, -0.25) is 4.90 Å². The lowest BCUT2D eigenvalue weighted by atomic mass is 9.93. The van der Waals surface area contributed by atoms with Crippen LogP contribution in [-0.2, 0) is 4.74 Å². The maximum atomic E-state index is 5.73. The Hall–Kier alpha value is -0.120. The van der Waals surface area contributed by atoms with E-state index >= 15 is 0 Å². The number of nitrogens with one attached hydrogen (secondary N) is 1. The lowest BCUT2D eigenvalue weighted by molar-refractivity contribution is -0.0560. The van der Waals surface area contributed by atoms with Gasteiger partial charge < -0.3 is 10.1 Å². The van der Waals surface area contributed by atoms with Crippen molar-refractivity contribution in [2.45, 2.75) is 64.1 Å². The summed E-state index contributed by atoms with van der Waals surface area (Å²) in [5.41, 5.74) is 0. The Morgan fingerprint density at radius 3 is 2.72 bits per heavy atom. The average Bonchev–Trinajstić information content (AvgIpc) is 2.59. The summed E-state index contributed by atoms with van der Waals surface area (Å²) in [5, 5.41) is 3.55. The molecule has 0 aromatic rings. The van der Waals surface area contributed by atoms with Gasteiger partial charge in [-0.05, 0) is 39.7 Å². The largest absolute Gasteiger partial charge is 0.376 e. The molecule has 1 saturated carbocycles. The molecule has 1 N–H and O–H groups in total. The molecular weight excluding hydrogens is 224 g/mol. The fraction of sp³-hybridized carbons (Fsp3) is 1.00. The van der Waals surface area contributed by atoms with Crippen LogP contribution in [0.5, 0.6) is 0 Å². The zero-order chi connectivity index (χ0) is 13.0. The van der Waals surface area contributed by atoms with Gasteiger partial charge in [-0.15, -0.1) is 0 Å². The topological polar surface area (TPSA) is 24.5 Å². The first-order valence-corrected chi connectivity index (χ1v) is 7.73. The summed E-state index contributed by atoms with van der Waals surface area (Å²) < 4.78 is 5.73. The molecule has 0 aromatic heterocycles. The van der Waals surface area contributed by atoms with Crippen molar-refractivity contribution < 1.29 is 4.74 Å². The van der Waals surface area contributed by atoms with E-state index in [1.165, 1.54) is 38.6 Å². The quantitative estimate of drug-likeness (QED) is 0.782. The molecule has 2 aliphatic rings. The van der Waals surface area contributed by atoms with Crippen LogP contribution in [0.15, 0.2) is 0 Å². The minimum absolute atomic E-state index is 0.403. The summed E-state index contributed by atoms with van der Waals surface area (Å²) in [6.45, 7) is 7.76. The fourth-order valence-electron chi connectivity index (χ4n) is 3.51. The summed E-state index contributed by atoms with van der Waals surface area (Å²) in [5.74, 6) is 0.824. The van der Waals surface area contributed by atoms with E-state index in [0.717, 1.165) is 25.1 Å². The SMILES string of the molecule is CNC1CCCCCC1CN1CC(C)OCC1C. The van der Waals surface area contributed by atoms with Crippen molar-refractivity contribution in [1.29, 1.82) is 0 Å².